The van der Waals surface area contributed by atoms with Crippen molar-refractivity contribution in [3.63, 3.8) is 0 Å². The maximum absolute atomic E-state index is 10.4. The average molecular weight is 248 g/mol. The Balaban J connectivity index is 1.82. The highest BCUT2D eigenvalue weighted by molar-refractivity contribution is 5.27. The van der Waals surface area contributed by atoms with E-state index in [0.29, 0.717) is 12.5 Å². The van der Waals surface area contributed by atoms with Crippen molar-refractivity contribution in [2.45, 2.75) is 44.4 Å². The second kappa shape index (κ2) is 4.61. The molecule has 1 saturated heterocycles. The molecule has 4 heteroatoms. The van der Waals surface area contributed by atoms with E-state index in [1.54, 1.807) is 0 Å². The molecule has 1 aromatic heterocycles. The molecular weight excluding hydrogens is 228 g/mol. The van der Waals surface area contributed by atoms with Crippen LogP contribution in [0.15, 0.2) is 12.1 Å². The third-order valence-electron chi connectivity index (χ3n) is 3.83. The van der Waals surface area contributed by atoms with Crippen molar-refractivity contribution >= 4 is 0 Å². The number of aromatic nitrogens is 1. The van der Waals surface area contributed by atoms with Gasteiger partial charge in [0.25, 0.3) is 0 Å². The van der Waals surface area contributed by atoms with Gasteiger partial charge in [0.1, 0.15) is 6.23 Å². The van der Waals surface area contributed by atoms with Crippen molar-refractivity contribution in [1.29, 1.82) is 0 Å². The van der Waals surface area contributed by atoms with Gasteiger partial charge in [0.2, 0.25) is 0 Å². The molecule has 1 aromatic rings. The summed E-state index contributed by atoms with van der Waals surface area (Å²) >= 11 is 0. The van der Waals surface area contributed by atoms with E-state index in [2.05, 4.69) is 4.98 Å². The average Bonchev–Trinajstić information content (AvgIpc) is 3.10. The maximum Gasteiger partial charge on any atom is 0.133 e. The smallest absolute Gasteiger partial charge is 0.133 e. The molecule has 2 aliphatic rings. The first-order chi connectivity index (χ1) is 8.63. The fourth-order valence-corrected chi connectivity index (χ4v) is 2.66. The lowest BCUT2D eigenvalue weighted by molar-refractivity contribution is 0.0101. The summed E-state index contributed by atoms with van der Waals surface area (Å²) in [5.74, 6) is 0.597. The minimum absolute atomic E-state index is 0.300. The number of likely N-dealkylation sites (tertiary alicyclic amines) is 1. The molecule has 1 aliphatic heterocycles. The Bertz CT molecular complexity index is 445. The first kappa shape index (κ1) is 12.1. The van der Waals surface area contributed by atoms with Gasteiger partial charge >= 0.3 is 0 Å². The predicted octanol–water partition coefficient (Wildman–Crippen LogP) is 1.32. The predicted molar refractivity (Wildman–Crippen MR) is 68.1 cm³/mol. The molecule has 0 amide bonds. The van der Waals surface area contributed by atoms with Crippen LogP contribution in [0.1, 0.15) is 48.4 Å². The topological polar surface area (TPSA) is 56.6 Å². The van der Waals surface area contributed by atoms with E-state index in [9.17, 15) is 10.2 Å². The molecule has 1 aliphatic carbocycles. The van der Waals surface area contributed by atoms with Crippen LogP contribution in [0.2, 0.25) is 0 Å². The number of aryl methyl sites for hydroxylation is 1. The largest absolute Gasteiger partial charge is 0.392 e. The van der Waals surface area contributed by atoms with Crippen molar-refractivity contribution in [2.75, 3.05) is 13.1 Å². The van der Waals surface area contributed by atoms with E-state index in [0.717, 1.165) is 29.9 Å². The molecule has 2 heterocycles. The number of hydrogen-bond donors (Lipinski definition) is 2. The van der Waals surface area contributed by atoms with Gasteiger partial charge in [-0.15, -0.1) is 0 Å². The summed E-state index contributed by atoms with van der Waals surface area (Å²) in [7, 11) is 0. The highest BCUT2D eigenvalue weighted by atomic mass is 16.3. The Morgan fingerprint density at radius 1 is 1.33 bits per heavy atom. The van der Waals surface area contributed by atoms with Crippen LogP contribution in [0.3, 0.4) is 0 Å². The van der Waals surface area contributed by atoms with Gasteiger partial charge in [0, 0.05) is 30.4 Å². The van der Waals surface area contributed by atoms with Crippen molar-refractivity contribution in [3.05, 3.63) is 29.1 Å². The van der Waals surface area contributed by atoms with Crippen LogP contribution in [0, 0.1) is 6.92 Å². The molecule has 2 fully saturated rings. The molecule has 98 valence electrons. The summed E-state index contributed by atoms with van der Waals surface area (Å²) in [6.07, 6.45) is 2.27. The van der Waals surface area contributed by atoms with Gasteiger partial charge in [-0.1, -0.05) is 0 Å². The van der Waals surface area contributed by atoms with Gasteiger partial charge in [0.15, 0.2) is 0 Å². The lowest BCUT2D eigenvalue weighted by atomic mass is 10.1. The van der Waals surface area contributed by atoms with E-state index in [4.69, 9.17) is 0 Å². The Kier molecular flexibility index (Phi) is 3.09. The van der Waals surface area contributed by atoms with Gasteiger partial charge in [-0.3, -0.25) is 9.88 Å². The van der Waals surface area contributed by atoms with E-state index < -0.39 is 6.23 Å². The van der Waals surface area contributed by atoms with E-state index in [-0.39, 0.29) is 6.10 Å². The van der Waals surface area contributed by atoms with E-state index in [1.165, 1.54) is 12.8 Å². The number of hydrogen-bond acceptors (Lipinski definition) is 4. The van der Waals surface area contributed by atoms with Crippen LogP contribution in [0.25, 0.3) is 0 Å². The van der Waals surface area contributed by atoms with Crippen LogP contribution in [0.4, 0.5) is 0 Å². The Labute approximate surface area is 107 Å². The summed E-state index contributed by atoms with van der Waals surface area (Å²) in [6, 6.07) is 3.97. The Hall–Kier alpha value is -0.970. The fraction of sp³-hybridized carbons (Fsp3) is 0.643. The number of rotatable bonds is 3. The van der Waals surface area contributed by atoms with Crippen LogP contribution in [-0.2, 0) is 0 Å². The molecule has 2 N–H and O–H groups in total. The molecule has 0 radical (unpaired) electrons. The first-order valence-corrected chi connectivity index (χ1v) is 6.72. The number of nitrogens with zero attached hydrogens (tertiary/aromatic N) is 2. The number of β-amino-alcohol motifs (C(OH)–C–C–N with tert-alkyl or cyclic N) is 1. The molecule has 2 unspecified atom stereocenters. The zero-order valence-electron chi connectivity index (χ0n) is 10.7. The fourth-order valence-electron chi connectivity index (χ4n) is 2.66. The minimum atomic E-state index is -0.610. The van der Waals surface area contributed by atoms with Crippen LogP contribution < -0.4 is 0 Å². The van der Waals surface area contributed by atoms with Gasteiger partial charge < -0.3 is 10.2 Å². The normalized spacial score (nSPS) is 26.5. The van der Waals surface area contributed by atoms with Crippen molar-refractivity contribution < 1.29 is 10.2 Å². The molecular formula is C14H20N2O2. The molecule has 3 rings (SSSR count). The molecule has 2 atom stereocenters. The zero-order valence-corrected chi connectivity index (χ0v) is 10.7. The van der Waals surface area contributed by atoms with Gasteiger partial charge in [-0.25, -0.2) is 0 Å². The molecule has 18 heavy (non-hydrogen) atoms. The minimum Gasteiger partial charge on any atom is -0.392 e. The monoisotopic (exact) mass is 248 g/mol. The van der Waals surface area contributed by atoms with Crippen LogP contribution in [0.5, 0.6) is 0 Å². The van der Waals surface area contributed by atoms with E-state index >= 15 is 0 Å². The molecule has 0 spiro atoms. The van der Waals surface area contributed by atoms with Crippen molar-refractivity contribution in [1.82, 2.24) is 9.88 Å². The maximum atomic E-state index is 10.4. The Morgan fingerprint density at radius 3 is 2.72 bits per heavy atom. The van der Waals surface area contributed by atoms with Gasteiger partial charge in [-0.2, -0.15) is 0 Å². The summed E-state index contributed by atoms with van der Waals surface area (Å²) in [5.41, 5.74) is 3.00. The first-order valence-electron chi connectivity index (χ1n) is 6.72. The third kappa shape index (κ3) is 2.41. The lowest BCUT2D eigenvalue weighted by Crippen LogP contribution is -2.27. The van der Waals surface area contributed by atoms with Crippen LogP contribution in [-0.4, -0.2) is 39.3 Å². The highest BCUT2D eigenvalue weighted by Gasteiger charge is 2.29. The molecule has 0 bridgehead atoms. The third-order valence-corrected chi connectivity index (χ3v) is 3.83. The summed E-state index contributed by atoms with van der Waals surface area (Å²) in [4.78, 5) is 6.47. The molecule has 4 nitrogen and oxygen atoms in total. The van der Waals surface area contributed by atoms with Crippen LogP contribution >= 0.6 is 0 Å². The lowest BCUT2D eigenvalue weighted by Gasteiger charge is -2.23. The second-order valence-electron chi connectivity index (χ2n) is 5.55. The quantitative estimate of drug-likeness (QED) is 0.847. The van der Waals surface area contributed by atoms with Gasteiger partial charge in [0.05, 0.1) is 6.10 Å². The van der Waals surface area contributed by atoms with Gasteiger partial charge in [-0.05, 0) is 43.9 Å². The summed E-state index contributed by atoms with van der Waals surface area (Å²) < 4.78 is 0. The zero-order chi connectivity index (χ0) is 12.7. The number of pyridine rings is 1. The summed E-state index contributed by atoms with van der Waals surface area (Å²) in [5, 5.41) is 19.9. The molecule has 0 aromatic carbocycles. The second-order valence-corrected chi connectivity index (χ2v) is 5.55. The van der Waals surface area contributed by atoms with Crippen molar-refractivity contribution in [2.24, 2.45) is 0 Å². The number of aliphatic hydroxyl groups is 2. The number of aliphatic hydroxyl groups excluding tert-OH is 2. The summed E-state index contributed by atoms with van der Waals surface area (Å²) in [6.45, 7) is 3.28. The van der Waals surface area contributed by atoms with Crippen molar-refractivity contribution in [3.8, 4) is 0 Å². The van der Waals surface area contributed by atoms with E-state index in [1.807, 2.05) is 24.0 Å². The highest BCUT2D eigenvalue weighted by Crippen LogP contribution is 2.40. The SMILES string of the molecule is Cc1cc(C(O)N2CCC(O)C2)cc(C2CC2)n1. The molecule has 1 saturated carbocycles. The Morgan fingerprint density at radius 2 is 2.11 bits per heavy atom. The standard InChI is InChI=1S/C14H20N2O2/c1-9-6-11(7-13(15-9)10-2-3-10)14(18)16-5-4-12(17)8-16/h6-7,10,12,14,17-18H,2-5,8H2,1H3.